The fourth-order valence-corrected chi connectivity index (χ4v) is 7.07. The summed E-state index contributed by atoms with van der Waals surface area (Å²) in [4.78, 5) is 11.9. The normalized spacial score (nSPS) is 26.3. The lowest BCUT2D eigenvalue weighted by Gasteiger charge is -2.51. The average molecular weight is 493 g/mol. The van der Waals surface area contributed by atoms with Gasteiger partial charge in [0.1, 0.15) is 24.7 Å². The highest BCUT2D eigenvalue weighted by Crippen LogP contribution is 2.56. The third-order valence-corrected chi connectivity index (χ3v) is 9.19. The Bertz CT molecular complexity index is 1110. The van der Waals surface area contributed by atoms with E-state index in [-0.39, 0.29) is 16.7 Å². The number of carboxylic acid groups (broad SMARTS) is 1. The van der Waals surface area contributed by atoms with Crippen LogP contribution in [0.4, 0.5) is 0 Å². The number of hydrogen-bond donors (Lipinski definition) is 1. The zero-order valence-electron chi connectivity index (χ0n) is 22.0. The fraction of sp³-hybridized carbons (Fsp3) is 0.581. The molecule has 2 saturated carbocycles. The molecule has 0 aromatic heterocycles. The van der Waals surface area contributed by atoms with Gasteiger partial charge in [-0.25, -0.2) is 0 Å². The highest BCUT2D eigenvalue weighted by atomic mass is 16.5. The zero-order valence-corrected chi connectivity index (χ0v) is 22.0. The van der Waals surface area contributed by atoms with Gasteiger partial charge in [0, 0.05) is 12.5 Å². The fourth-order valence-electron chi connectivity index (χ4n) is 7.07. The van der Waals surface area contributed by atoms with Crippen molar-refractivity contribution < 1.29 is 24.1 Å². The molecule has 0 saturated heterocycles. The summed E-state index contributed by atoms with van der Waals surface area (Å²) in [5, 5.41) is 9.79. The average Bonchev–Trinajstić information content (AvgIpc) is 3.20. The highest BCUT2D eigenvalue weighted by molar-refractivity contribution is 5.74. The Morgan fingerprint density at radius 2 is 1.86 bits per heavy atom. The first-order valence-corrected chi connectivity index (χ1v) is 13.6. The predicted molar refractivity (Wildman–Crippen MR) is 140 cm³/mol. The minimum Gasteiger partial charge on any atom is -0.491 e. The molecule has 0 heterocycles. The zero-order chi connectivity index (χ0) is 25.3. The smallest absolute Gasteiger partial charge is 0.307 e. The van der Waals surface area contributed by atoms with Gasteiger partial charge in [0.15, 0.2) is 0 Å². The summed E-state index contributed by atoms with van der Waals surface area (Å²) < 4.78 is 17.6. The second-order valence-electron chi connectivity index (χ2n) is 11.7. The van der Waals surface area contributed by atoms with Crippen molar-refractivity contribution in [1.29, 1.82) is 0 Å². The number of aryl methyl sites for hydroxylation is 1. The summed E-state index contributed by atoms with van der Waals surface area (Å²) in [5.41, 5.74) is 4.95. The monoisotopic (exact) mass is 492 g/mol. The third kappa shape index (κ3) is 4.63. The summed E-state index contributed by atoms with van der Waals surface area (Å²) in [6.45, 7) is 6.31. The summed E-state index contributed by atoms with van der Waals surface area (Å²) in [6, 6.07) is 12.8. The molecule has 3 aliphatic rings. The largest absolute Gasteiger partial charge is 0.491 e. The van der Waals surface area contributed by atoms with E-state index in [2.05, 4.69) is 50.2 Å². The third-order valence-electron chi connectivity index (χ3n) is 9.19. The van der Waals surface area contributed by atoms with Crippen molar-refractivity contribution in [2.24, 2.45) is 11.3 Å². The van der Waals surface area contributed by atoms with Crippen LogP contribution in [-0.2, 0) is 28.0 Å². The number of methoxy groups -OCH3 is 1. The second-order valence-corrected chi connectivity index (χ2v) is 11.7. The number of fused-ring (bicyclic) bond motifs is 2. The quantitative estimate of drug-likeness (QED) is 0.397. The second kappa shape index (κ2) is 10.1. The maximum atomic E-state index is 11.9. The lowest BCUT2D eigenvalue weighted by Crippen LogP contribution is -2.50. The van der Waals surface area contributed by atoms with E-state index in [0.717, 1.165) is 49.2 Å². The summed E-state index contributed by atoms with van der Waals surface area (Å²) in [5.74, 6) is 1.32. The molecule has 3 atom stereocenters. The van der Waals surface area contributed by atoms with E-state index in [1.54, 1.807) is 7.11 Å². The van der Waals surface area contributed by atoms with Crippen molar-refractivity contribution in [1.82, 2.24) is 0 Å². The van der Waals surface area contributed by atoms with Crippen LogP contribution >= 0.6 is 0 Å². The van der Waals surface area contributed by atoms with Gasteiger partial charge in [-0.05, 0) is 103 Å². The van der Waals surface area contributed by atoms with Crippen LogP contribution in [-0.4, -0.2) is 31.4 Å². The SMILES string of the molecule is COCCOc1ccc(COc2ccc3c(c2)C2(CCC3)CCC2C(=O)O)cc1C1CCCC1(C)C. The molecule has 2 aromatic rings. The van der Waals surface area contributed by atoms with E-state index >= 15 is 0 Å². The molecule has 1 N–H and O–H groups in total. The molecular formula is C31H40O5. The molecule has 194 valence electrons. The van der Waals surface area contributed by atoms with Crippen molar-refractivity contribution in [2.45, 2.75) is 83.2 Å². The number of hydrogen-bond acceptors (Lipinski definition) is 4. The standard InChI is InChI=1S/C31H40O5/c1-30(2)13-5-7-25(30)24-18-21(8-11-28(24)35-17-16-34-3)20-36-23-10-9-22-6-4-14-31(27(22)19-23)15-12-26(31)29(32)33/h8-11,18-19,25-26H,4-7,12-17,20H2,1-3H3,(H,32,33). The van der Waals surface area contributed by atoms with Gasteiger partial charge in [-0.1, -0.05) is 32.4 Å². The minimum atomic E-state index is -0.657. The maximum absolute atomic E-state index is 11.9. The summed E-state index contributed by atoms with van der Waals surface area (Å²) in [6.07, 6.45) is 8.44. The first-order valence-electron chi connectivity index (χ1n) is 13.6. The van der Waals surface area contributed by atoms with E-state index in [0.29, 0.717) is 25.7 Å². The van der Waals surface area contributed by atoms with E-state index in [4.69, 9.17) is 14.2 Å². The first-order chi connectivity index (χ1) is 17.3. The van der Waals surface area contributed by atoms with Gasteiger partial charge in [-0.15, -0.1) is 0 Å². The molecule has 0 amide bonds. The van der Waals surface area contributed by atoms with Crippen molar-refractivity contribution >= 4 is 5.97 Å². The molecule has 0 radical (unpaired) electrons. The lowest BCUT2D eigenvalue weighted by atomic mass is 9.52. The Labute approximate surface area is 215 Å². The lowest BCUT2D eigenvalue weighted by molar-refractivity contribution is -0.150. The summed E-state index contributed by atoms with van der Waals surface area (Å²) >= 11 is 0. The van der Waals surface area contributed by atoms with Gasteiger partial charge in [-0.2, -0.15) is 0 Å². The Morgan fingerprint density at radius 1 is 1.00 bits per heavy atom. The molecule has 1 spiro atoms. The van der Waals surface area contributed by atoms with Crippen molar-refractivity contribution in [2.75, 3.05) is 20.3 Å². The van der Waals surface area contributed by atoms with Gasteiger partial charge in [0.05, 0.1) is 12.5 Å². The first kappa shape index (κ1) is 25.1. The molecule has 5 heteroatoms. The van der Waals surface area contributed by atoms with Crippen LogP contribution < -0.4 is 9.47 Å². The number of carboxylic acids is 1. The van der Waals surface area contributed by atoms with Crippen molar-refractivity contribution in [3.63, 3.8) is 0 Å². The van der Waals surface area contributed by atoms with Crippen LogP contribution in [0.2, 0.25) is 0 Å². The Hall–Kier alpha value is -2.53. The Balaban J connectivity index is 1.36. The highest BCUT2D eigenvalue weighted by Gasteiger charge is 2.53. The van der Waals surface area contributed by atoms with Gasteiger partial charge < -0.3 is 19.3 Å². The van der Waals surface area contributed by atoms with E-state index in [1.807, 2.05) is 0 Å². The molecular weight excluding hydrogens is 452 g/mol. The van der Waals surface area contributed by atoms with E-state index < -0.39 is 5.97 Å². The number of carbonyl (C=O) groups is 1. The summed E-state index contributed by atoms with van der Waals surface area (Å²) in [7, 11) is 1.69. The Kier molecular flexibility index (Phi) is 7.04. The molecule has 5 rings (SSSR count). The van der Waals surface area contributed by atoms with Crippen LogP contribution in [0.5, 0.6) is 11.5 Å². The van der Waals surface area contributed by atoms with Crippen LogP contribution in [0.1, 0.15) is 87.0 Å². The molecule has 2 fully saturated rings. The predicted octanol–water partition coefficient (Wildman–Crippen LogP) is 6.65. The van der Waals surface area contributed by atoms with Gasteiger partial charge in [-0.3, -0.25) is 4.79 Å². The molecule has 0 aliphatic heterocycles. The maximum Gasteiger partial charge on any atom is 0.307 e. The molecule has 3 aliphatic carbocycles. The minimum absolute atomic E-state index is 0.207. The Morgan fingerprint density at radius 3 is 2.56 bits per heavy atom. The number of benzene rings is 2. The molecule has 2 aromatic carbocycles. The molecule has 0 bridgehead atoms. The van der Waals surface area contributed by atoms with Crippen LogP contribution in [0.15, 0.2) is 36.4 Å². The molecule has 3 unspecified atom stereocenters. The van der Waals surface area contributed by atoms with E-state index in [1.165, 1.54) is 36.0 Å². The van der Waals surface area contributed by atoms with Gasteiger partial charge in [0.25, 0.3) is 0 Å². The van der Waals surface area contributed by atoms with E-state index in [9.17, 15) is 9.90 Å². The number of aliphatic carboxylic acids is 1. The van der Waals surface area contributed by atoms with Crippen LogP contribution in [0.25, 0.3) is 0 Å². The van der Waals surface area contributed by atoms with Crippen LogP contribution in [0, 0.1) is 11.3 Å². The topological polar surface area (TPSA) is 65.0 Å². The van der Waals surface area contributed by atoms with Crippen LogP contribution in [0.3, 0.4) is 0 Å². The molecule has 5 nitrogen and oxygen atoms in total. The van der Waals surface area contributed by atoms with Gasteiger partial charge in [0.2, 0.25) is 0 Å². The number of rotatable bonds is 9. The number of ether oxygens (including phenoxy) is 3. The van der Waals surface area contributed by atoms with Crippen molar-refractivity contribution in [3.8, 4) is 11.5 Å². The van der Waals surface area contributed by atoms with Gasteiger partial charge >= 0.3 is 5.97 Å². The molecule has 36 heavy (non-hydrogen) atoms. The van der Waals surface area contributed by atoms with Crippen molar-refractivity contribution in [3.05, 3.63) is 58.7 Å².